The van der Waals surface area contributed by atoms with Crippen LogP contribution >= 0.6 is 0 Å². The Morgan fingerprint density at radius 1 is 0.207 bits per heavy atom. The van der Waals surface area contributed by atoms with Gasteiger partial charge in [0.05, 0.1) is 185 Å². The second kappa shape index (κ2) is 75.2. The van der Waals surface area contributed by atoms with Crippen molar-refractivity contribution < 1.29 is 73.8 Å². The van der Waals surface area contributed by atoms with Gasteiger partial charge in [-0.2, -0.15) is 0 Å². The van der Waals surface area contributed by atoms with E-state index in [-0.39, 0.29) is 0 Å². The van der Waals surface area contributed by atoms with Crippen LogP contribution in [0.1, 0.15) is 189 Å². The number of hydrogen-bond donors (Lipinski definition) is 0. The minimum absolute atomic E-state index is 0.757. The molecule has 0 fully saturated rings. The minimum Gasteiger partial charge on any atom is -0.496 e. The van der Waals surface area contributed by atoms with Crippen molar-refractivity contribution in [3.05, 3.63) is 173 Å². The number of likely N-dealkylation sites (N-methyl/N-ethyl adjacent to an activating group) is 8. The Morgan fingerprint density at radius 3 is 0.569 bits per heavy atom. The van der Waals surface area contributed by atoms with Crippen molar-refractivity contribution in [2.24, 2.45) is 0 Å². The first-order valence-corrected chi connectivity index (χ1v) is 46.0. The minimum atomic E-state index is 0.757. The lowest BCUT2D eigenvalue weighted by atomic mass is 10.2. The van der Waals surface area contributed by atoms with Gasteiger partial charge in [0, 0.05) is 0 Å². The van der Waals surface area contributed by atoms with E-state index in [0.717, 1.165) is 146 Å². The molecule has 2 unspecified atom stereocenters. The number of benzene rings is 4. The van der Waals surface area contributed by atoms with Crippen LogP contribution in [0.4, 0.5) is 0 Å². The number of para-hydroxylation sites is 4. The highest BCUT2D eigenvalue weighted by Crippen LogP contribution is 2.18. The Kier molecular flexibility index (Phi) is 75.3. The van der Waals surface area contributed by atoms with Crippen LogP contribution in [0.25, 0.3) is 0 Å². The third-order valence-electron chi connectivity index (χ3n) is 22.8. The molecule has 4 rings (SSSR count). The molecule has 672 valence electrons. The monoisotopic (exact) mass is 1630 g/mol. The molecule has 0 saturated carbocycles. The number of ether oxygens (including phenoxy) is 8. The molecule has 2 atom stereocenters. The zero-order chi connectivity index (χ0) is 88.0. The summed E-state index contributed by atoms with van der Waals surface area (Å²) in [6.45, 7) is 92.2. The molecule has 0 aliphatic carbocycles. The zero-order valence-electron chi connectivity index (χ0n) is 80.6. The molecule has 0 bridgehead atoms. The van der Waals surface area contributed by atoms with Crippen molar-refractivity contribution in [2.45, 2.75) is 189 Å². The highest BCUT2D eigenvalue weighted by atomic mass is 16.5. The van der Waals surface area contributed by atoms with Gasteiger partial charge in [0.25, 0.3) is 0 Å². The summed E-state index contributed by atoms with van der Waals surface area (Å²) in [5.41, 5.74) is 0. The Balaban J connectivity index is -0.000000623. The summed E-state index contributed by atoms with van der Waals surface area (Å²) in [5.74, 6) is 3.91. The van der Waals surface area contributed by atoms with Crippen molar-refractivity contribution in [1.82, 2.24) is 0 Å². The zero-order valence-corrected chi connectivity index (χ0v) is 80.6. The first-order chi connectivity index (χ1) is 55.6. The van der Waals surface area contributed by atoms with E-state index in [1.165, 1.54) is 212 Å². The van der Waals surface area contributed by atoms with E-state index in [4.69, 9.17) is 37.9 Å². The maximum absolute atomic E-state index is 5.87. The van der Waals surface area contributed by atoms with Gasteiger partial charge in [-0.25, -0.2) is 0 Å². The molecule has 0 saturated heterocycles. The Labute approximate surface area is 719 Å². The summed E-state index contributed by atoms with van der Waals surface area (Å²) < 4.78 is 52.6. The molecule has 0 aromatic heterocycles. The molecule has 0 spiro atoms. The number of quaternary nitrogens is 8. The Hall–Kier alpha value is -6.08. The third kappa shape index (κ3) is 61.3. The summed E-state index contributed by atoms with van der Waals surface area (Å²) in [7, 11) is 12.9. The van der Waals surface area contributed by atoms with Gasteiger partial charge in [-0.05, 0) is 169 Å². The molecule has 116 heavy (non-hydrogen) atoms. The van der Waals surface area contributed by atoms with E-state index in [0.29, 0.717) is 0 Å². The molecule has 0 aliphatic rings. The molecule has 0 aliphatic heterocycles. The van der Waals surface area contributed by atoms with E-state index in [9.17, 15) is 0 Å². The van der Waals surface area contributed by atoms with Gasteiger partial charge in [-0.3, -0.25) is 0 Å². The van der Waals surface area contributed by atoms with Gasteiger partial charge < -0.3 is 73.8 Å². The molecular formula is C100H192N8O8+8. The van der Waals surface area contributed by atoms with Crippen molar-refractivity contribution in [1.29, 1.82) is 0 Å². The van der Waals surface area contributed by atoms with Crippen LogP contribution in [-0.4, -0.2) is 301 Å². The maximum atomic E-state index is 5.87. The summed E-state index contributed by atoms with van der Waals surface area (Å²) in [6.07, 6.45) is 18.8. The molecule has 0 heterocycles. The van der Waals surface area contributed by atoms with Crippen LogP contribution < -0.4 is 18.9 Å². The van der Waals surface area contributed by atoms with E-state index in [1.54, 1.807) is 12.5 Å². The first kappa shape index (κ1) is 116. The summed E-state index contributed by atoms with van der Waals surface area (Å²) in [5, 5.41) is 0. The second-order valence-electron chi connectivity index (χ2n) is 32.9. The lowest BCUT2D eigenvalue weighted by Crippen LogP contribution is -2.51. The number of nitrogens with zero attached hydrogens (tertiary/aromatic N) is 8. The average molecular weight is 1630 g/mol. The van der Waals surface area contributed by atoms with Crippen molar-refractivity contribution in [3.63, 3.8) is 0 Å². The topological polar surface area (TPSA) is 73.8 Å². The third-order valence-corrected chi connectivity index (χ3v) is 22.8. The van der Waals surface area contributed by atoms with Gasteiger partial charge in [0.2, 0.25) is 0 Å². The molecular weight excluding hydrogens is 1440 g/mol. The van der Waals surface area contributed by atoms with Crippen molar-refractivity contribution >= 4 is 0 Å². The predicted octanol–water partition coefficient (Wildman–Crippen LogP) is 21.4. The van der Waals surface area contributed by atoms with Gasteiger partial charge in [-0.1, -0.05) is 167 Å². The van der Waals surface area contributed by atoms with Crippen LogP contribution in [0.5, 0.6) is 23.0 Å². The largest absolute Gasteiger partial charge is 0.496 e. The molecule has 0 N–H and O–H groups in total. The van der Waals surface area contributed by atoms with Crippen LogP contribution in [0.2, 0.25) is 0 Å². The molecule has 4 aromatic carbocycles. The predicted molar refractivity (Wildman–Crippen MR) is 505 cm³/mol. The fourth-order valence-corrected chi connectivity index (χ4v) is 14.3. The van der Waals surface area contributed by atoms with Crippen molar-refractivity contribution in [2.75, 3.05) is 265 Å². The van der Waals surface area contributed by atoms with E-state index in [1.807, 2.05) is 121 Å². The number of hydrogen-bond acceptors (Lipinski definition) is 8. The van der Waals surface area contributed by atoms with Gasteiger partial charge in [-0.15, -0.1) is 0 Å². The van der Waals surface area contributed by atoms with Gasteiger partial charge >= 0.3 is 0 Å². The summed E-state index contributed by atoms with van der Waals surface area (Å²) >= 11 is 0. The SMILES string of the molecule is C=COCC[N+](C)(C)C.C=COCC[N+](CC)(CC)CC.C=COCC[N+](CC)(CCC)CCC.C=COCC[N+](CC)(CCC)CCCC.CCCC[N+](CC)(CCC)CCOc1ccccc1.CCC[N+](CC)(CCC)CCOc1ccccc1.CC[N+](CC)(CC)CCOc1ccccc1.C[N+](C)(C)CCOc1ccccc1. The van der Waals surface area contributed by atoms with Crippen molar-refractivity contribution in [3.8, 4) is 23.0 Å². The van der Waals surface area contributed by atoms with Crippen LogP contribution in [-0.2, 0) is 18.9 Å². The van der Waals surface area contributed by atoms with E-state index >= 15 is 0 Å². The van der Waals surface area contributed by atoms with Gasteiger partial charge in [0.15, 0.2) is 0 Å². The average Bonchev–Trinajstić information content (AvgIpc) is 0.899. The highest BCUT2D eigenvalue weighted by Gasteiger charge is 2.28. The maximum Gasteiger partial charge on any atom is 0.137 e. The van der Waals surface area contributed by atoms with E-state index in [2.05, 4.69) is 193 Å². The van der Waals surface area contributed by atoms with Gasteiger partial charge in [0.1, 0.15) is 128 Å². The standard InChI is InChI=1S/C17H30NO.C16H28NO.C14H24NO.C13H28NO.C12H26NO.C11H18NO.C10H22NO.C7H16NO/c1-4-7-14-18(6-3,13-5-2)15-16-19-17-11-9-8-10-12-17;1-4-12-17(6-3,13-5-2)14-15-18-16-10-8-7-9-11-16;1-4-15(5-2,6-3)12-13-16-14-10-8-7-9-11-14;1-5-9-11-14(7-3,10-6-2)12-13-15-8-4;1-5-9-13(7-3,10-6-2)11-12-14-8-4;1-12(2,3)9-10-13-11-7-5-4-6-8-11;1-5-11(6-2,7-3)9-10-12-8-4;1-5-9-7-6-8(2,3)4/h8-12H,4-7,13-16H2,1-3H3;7-11H,4-6,12-15H2,1-3H3;7-11H,4-6,12-13H2,1-3H3;8H,4-7,9-13H2,1-3H3;8H,4-7,9-12H2,1-3H3;4-8H,9-10H2,1-3H3;8H,4-7,9-10H2,1-3H3;5H,1,6-7H2,2-4H3/q8*+1. The van der Waals surface area contributed by atoms with Crippen LogP contribution in [0.3, 0.4) is 0 Å². The smallest absolute Gasteiger partial charge is 0.137 e. The fraction of sp³-hybridized carbons (Fsp3) is 0.680. The molecule has 16 heteroatoms. The molecule has 0 radical (unpaired) electrons. The lowest BCUT2D eigenvalue weighted by molar-refractivity contribution is -0.927. The number of unbranched alkanes of at least 4 members (excludes halogenated alkanes) is 2. The molecule has 0 amide bonds. The van der Waals surface area contributed by atoms with Crippen LogP contribution in [0.15, 0.2) is 173 Å². The normalized spacial score (nSPS) is 12.2. The lowest BCUT2D eigenvalue weighted by Gasteiger charge is -2.37. The second-order valence-corrected chi connectivity index (χ2v) is 32.9. The Bertz CT molecular complexity index is 2720. The van der Waals surface area contributed by atoms with E-state index < -0.39 is 0 Å². The molecule has 16 nitrogen and oxygen atoms in total. The first-order valence-electron chi connectivity index (χ1n) is 46.0. The Morgan fingerprint density at radius 2 is 0.379 bits per heavy atom. The highest BCUT2D eigenvalue weighted by molar-refractivity contribution is 5.23. The molecule has 4 aromatic rings. The fourth-order valence-electron chi connectivity index (χ4n) is 14.3. The number of rotatable bonds is 60. The summed E-state index contributed by atoms with van der Waals surface area (Å²) in [4.78, 5) is 0. The summed E-state index contributed by atoms with van der Waals surface area (Å²) in [6, 6.07) is 40.3. The van der Waals surface area contributed by atoms with Crippen LogP contribution in [0, 0.1) is 0 Å². The quantitative estimate of drug-likeness (QED) is 0.0246.